The summed E-state index contributed by atoms with van der Waals surface area (Å²) in [6.07, 6.45) is 0. The summed E-state index contributed by atoms with van der Waals surface area (Å²) in [5, 5.41) is 6.25. The van der Waals surface area contributed by atoms with Gasteiger partial charge in [0.2, 0.25) is 0 Å². The number of rotatable bonds is 1. The van der Waals surface area contributed by atoms with Crippen LogP contribution in [0.5, 0.6) is 0 Å². The predicted octanol–water partition coefficient (Wildman–Crippen LogP) is 2.40. The molecule has 0 aliphatic heterocycles. The molecule has 0 spiro atoms. The van der Waals surface area contributed by atoms with Crippen LogP contribution in [-0.2, 0) is 0 Å². The lowest BCUT2D eigenvalue weighted by Crippen LogP contribution is -1.75. The smallest absolute Gasteiger partial charge is 0.166 e. The van der Waals surface area contributed by atoms with Crippen molar-refractivity contribution in [1.82, 2.24) is 10.3 Å². The zero-order chi connectivity index (χ0) is 8.39. The second-order valence-corrected chi connectivity index (χ2v) is 2.74. The van der Waals surface area contributed by atoms with Crippen molar-refractivity contribution in [3.8, 4) is 11.3 Å². The maximum Gasteiger partial charge on any atom is 0.166 e. The van der Waals surface area contributed by atoms with E-state index in [1.165, 1.54) is 0 Å². The summed E-state index contributed by atoms with van der Waals surface area (Å²) in [5.74, 6) is 0. The highest BCUT2D eigenvalue weighted by molar-refractivity contribution is 7.71. The van der Waals surface area contributed by atoms with Gasteiger partial charge in [-0.25, -0.2) is 0 Å². The highest BCUT2D eigenvalue weighted by atomic mass is 32.1. The topological polar surface area (TPSA) is 41.8 Å². The molecule has 4 heteroatoms. The first-order chi connectivity index (χ1) is 5.88. The number of nitrogens with zero attached hydrogens (tertiary/aromatic N) is 1. The van der Waals surface area contributed by atoms with Crippen molar-refractivity contribution in [2.45, 2.75) is 0 Å². The third-order valence-electron chi connectivity index (χ3n) is 1.54. The first-order valence-electron chi connectivity index (χ1n) is 3.48. The lowest BCUT2D eigenvalue weighted by molar-refractivity contribution is 0.307. The molecule has 0 bridgehead atoms. The molecule has 0 aliphatic carbocycles. The van der Waals surface area contributed by atoms with Crippen LogP contribution in [0.15, 0.2) is 35.0 Å². The molecule has 2 rings (SSSR count). The molecule has 0 saturated carbocycles. The predicted molar refractivity (Wildman–Crippen MR) is 47.1 cm³/mol. The quantitative estimate of drug-likeness (QED) is 0.682. The van der Waals surface area contributed by atoms with Gasteiger partial charge in [-0.05, 0) is 0 Å². The van der Waals surface area contributed by atoms with Crippen molar-refractivity contribution < 1.29 is 4.63 Å². The van der Waals surface area contributed by atoms with Crippen LogP contribution >= 0.6 is 12.2 Å². The van der Waals surface area contributed by atoms with E-state index >= 15 is 0 Å². The minimum absolute atomic E-state index is 0.529. The van der Waals surface area contributed by atoms with E-state index in [1.54, 1.807) is 0 Å². The summed E-state index contributed by atoms with van der Waals surface area (Å²) >= 11 is 4.96. The molecule has 0 fully saturated rings. The molecule has 0 unspecified atom stereocenters. The minimum atomic E-state index is 0.529. The van der Waals surface area contributed by atoms with Crippen LogP contribution < -0.4 is 0 Å². The second-order valence-electron chi connectivity index (χ2n) is 2.33. The van der Waals surface area contributed by atoms with Gasteiger partial charge in [-0.1, -0.05) is 47.7 Å². The van der Waals surface area contributed by atoms with Crippen molar-refractivity contribution in [2.75, 3.05) is 0 Å². The molecule has 1 N–H and O–H groups in total. The van der Waals surface area contributed by atoms with Crippen LogP contribution in [0.1, 0.15) is 0 Å². The van der Waals surface area contributed by atoms with Crippen LogP contribution in [0.25, 0.3) is 11.3 Å². The fourth-order valence-electron chi connectivity index (χ4n) is 0.980. The number of nitrogens with one attached hydrogen (secondary N) is 1. The van der Waals surface area contributed by atoms with E-state index in [4.69, 9.17) is 12.2 Å². The molecule has 2 aromatic rings. The van der Waals surface area contributed by atoms with E-state index in [9.17, 15) is 0 Å². The van der Waals surface area contributed by atoms with Crippen molar-refractivity contribution in [3.05, 3.63) is 35.0 Å². The van der Waals surface area contributed by atoms with Crippen LogP contribution in [-0.4, -0.2) is 10.3 Å². The molecule has 60 valence electrons. The van der Waals surface area contributed by atoms with Gasteiger partial charge in [0, 0.05) is 5.56 Å². The summed E-state index contributed by atoms with van der Waals surface area (Å²) in [4.78, 5) is 0. The minimum Gasteiger partial charge on any atom is -0.269 e. The van der Waals surface area contributed by atoms with Crippen LogP contribution in [0.2, 0.25) is 0 Å². The van der Waals surface area contributed by atoms with Gasteiger partial charge in [0.05, 0.1) is 0 Å². The number of aromatic nitrogens is 2. The molecule has 0 amide bonds. The Balaban J connectivity index is 2.59. The molecule has 0 saturated heterocycles. The Morgan fingerprint density at radius 1 is 1.25 bits per heavy atom. The summed E-state index contributed by atoms with van der Waals surface area (Å²) in [7, 11) is 0. The van der Waals surface area contributed by atoms with Gasteiger partial charge < -0.3 is 0 Å². The zero-order valence-electron chi connectivity index (χ0n) is 6.15. The molecule has 12 heavy (non-hydrogen) atoms. The molecule has 0 aliphatic rings. The van der Waals surface area contributed by atoms with E-state index < -0.39 is 0 Å². The molecular weight excluding hydrogens is 172 g/mol. The lowest BCUT2D eigenvalue weighted by atomic mass is 10.2. The van der Waals surface area contributed by atoms with E-state index in [0.717, 1.165) is 5.56 Å². The molecular formula is C8H6N2OS. The Bertz CT molecular complexity index is 418. The summed E-state index contributed by atoms with van der Waals surface area (Å²) < 4.78 is 5.15. The number of H-pyrrole nitrogens is 1. The van der Waals surface area contributed by atoms with Crippen LogP contribution in [0.4, 0.5) is 0 Å². The SMILES string of the molecule is S=c1[nH]onc1-c1ccccc1. The largest absolute Gasteiger partial charge is 0.269 e. The van der Waals surface area contributed by atoms with Gasteiger partial charge in [0.25, 0.3) is 0 Å². The van der Waals surface area contributed by atoms with Crippen LogP contribution in [0.3, 0.4) is 0 Å². The fraction of sp³-hybridized carbons (Fsp3) is 0. The highest BCUT2D eigenvalue weighted by Gasteiger charge is 2.02. The average molecular weight is 178 g/mol. The summed E-state index contributed by atoms with van der Waals surface area (Å²) in [5.41, 5.74) is 1.65. The lowest BCUT2D eigenvalue weighted by Gasteiger charge is -1.90. The maximum atomic E-state index is 4.96. The van der Waals surface area contributed by atoms with Gasteiger partial charge >= 0.3 is 0 Å². The van der Waals surface area contributed by atoms with Gasteiger partial charge in [0.1, 0.15) is 0 Å². The van der Waals surface area contributed by atoms with E-state index in [-0.39, 0.29) is 0 Å². The maximum absolute atomic E-state index is 4.96. The van der Waals surface area contributed by atoms with Crippen LogP contribution in [0, 0.1) is 4.64 Å². The molecule has 1 heterocycles. The normalized spacial score (nSPS) is 10.0. The Morgan fingerprint density at radius 2 is 2.00 bits per heavy atom. The number of aromatic amines is 1. The standard InChI is InChI=1S/C8H6N2OS/c12-8-7(9-11-10-8)6-4-2-1-3-5-6/h1-5H,(H,10,12). The van der Waals surface area contributed by atoms with E-state index in [0.29, 0.717) is 10.3 Å². The first kappa shape index (κ1) is 7.24. The van der Waals surface area contributed by atoms with Gasteiger partial charge in [0.15, 0.2) is 10.3 Å². The zero-order valence-corrected chi connectivity index (χ0v) is 6.97. The monoisotopic (exact) mass is 178 g/mol. The van der Waals surface area contributed by atoms with Crippen molar-refractivity contribution in [3.63, 3.8) is 0 Å². The molecule has 1 aromatic heterocycles. The van der Waals surface area contributed by atoms with Gasteiger partial charge in [-0.15, -0.1) is 0 Å². The van der Waals surface area contributed by atoms with Gasteiger partial charge in [-0.3, -0.25) is 4.63 Å². The van der Waals surface area contributed by atoms with Crippen molar-refractivity contribution in [1.29, 1.82) is 0 Å². The summed E-state index contributed by atoms with van der Waals surface area (Å²) in [6, 6.07) is 9.66. The Hall–Kier alpha value is -1.42. The highest BCUT2D eigenvalue weighted by Crippen LogP contribution is 2.15. The van der Waals surface area contributed by atoms with E-state index in [2.05, 4.69) is 14.9 Å². The van der Waals surface area contributed by atoms with E-state index in [1.807, 2.05) is 30.3 Å². The van der Waals surface area contributed by atoms with Crippen molar-refractivity contribution in [2.24, 2.45) is 0 Å². The molecule has 3 nitrogen and oxygen atoms in total. The Kier molecular flexibility index (Phi) is 1.75. The fourth-order valence-corrected chi connectivity index (χ4v) is 1.17. The second kappa shape index (κ2) is 2.91. The molecule has 1 aromatic carbocycles. The third-order valence-corrected chi connectivity index (χ3v) is 1.81. The number of benzene rings is 1. The average Bonchev–Trinajstić information content (AvgIpc) is 2.53. The third kappa shape index (κ3) is 1.16. The molecule has 0 radical (unpaired) electrons. The van der Waals surface area contributed by atoms with Crippen molar-refractivity contribution >= 4 is 12.2 Å². The summed E-state index contributed by atoms with van der Waals surface area (Å²) in [6.45, 7) is 0. The number of hydrogen-bond acceptors (Lipinski definition) is 3. The first-order valence-corrected chi connectivity index (χ1v) is 3.88. The Labute approximate surface area is 74.0 Å². The number of hydrogen-bond donors (Lipinski definition) is 1. The molecule has 0 atom stereocenters. The Morgan fingerprint density at radius 3 is 2.58 bits per heavy atom. The van der Waals surface area contributed by atoms with Gasteiger partial charge in [-0.2, -0.15) is 5.16 Å².